The summed E-state index contributed by atoms with van der Waals surface area (Å²) in [7, 11) is 0. The second kappa shape index (κ2) is 4.76. The molecule has 0 spiro atoms. The number of nitrogens with zero attached hydrogens (tertiary/aromatic N) is 1. The smallest absolute Gasteiger partial charge is 0.134 e. The molecule has 3 nitrogen and oxygen atoms in total. The Kier molecular flexibility index (Phi) is 3.36. The molecule has 0 amide bonds. The summed E-state index contributed by atoms with van der Waals surface area (Å²) in [5.41, 5.74) is 0.739. The zero-order valence-corrected chi connectivity index (χ0v) is 10.0. The van der Waals surface area contributed by atoms with E-state index in [1.54, 1.807) is 18.2 Å². The molecule has 2 aromatic rings. The van der Waals surface area contributed by atoms with Crippen LogP contribution in [-0.4, -0.2) is 5.16 Å². The van der Waals surface area contributed by atoms with Crippen molar-refractivity contribution < 1.29 is 9.26 Å². The largest absolute Gasteiger partial charge is 0.487 e. The Morgan fingerprint density at radius 2 is 2.06 bits per heavy atom. The zero-order chi connectivity index (χ0) is 11.5. The van der Waals surface area contributed by atoms with Crippen LogP contribution in [0.5, 0.6) is 5.75 Å². The highest BCUT2D eigenvalue weighted by molar-refractivity contribution is 6.42. The predicted molar refractivity (Wildman–Crippen MR) is 62.0 cm³/mol. The molecule has 0 fully saturated rings. The van der Waals surface area contributed by atoms with Crippen LogP contribution < -0.4 is 4.74 Å². The van der Waals surface area contributed by atoms with Gasteiger partial charge in [0.1, 0.15) is 23.8 Å². The molecule has 1 aromatic heterocycles. The van der Waals surface area contributed by atoms with E-state index in [1.165, 1.54) is 0 Å². The van der Waals surface area contributed by atoms with Crippen LogP contribution in [0, 0.1) is 6.92 Å². The molecule has 0 unspecified atom stereocenters. The highest BCUT2D eigenvalue weighted by Gasteiger charge is 2.03. The molecule has 0 saturated heterocycles. The molecule has 0 bridgehead atoms. The van der Waals surface area contributed by atoms with Gasteiger partial charge in [-0.1, -0.05) is 28.4 Å². The number of rotatable bonds is 3. The molecule has 84 valence electrons. The third-order valence-electron chi connectivity index (χ3n) is 1.95. The van der Waals surface area contributed by atoms with Crippen LogP contribution >= 0.6 is 23.2 Å². The molecule has 16 heavy (non-hydrogen) atoms. The van der Waals surface area contributed by atoms with Gasteiger partial charge < -0.3 is 9.26 Å². The van der Waals surface area contributed by atoms with Crippen molar-refractivity contribution in [2.45, 2.75) is 13.5 Å². The number of halogens is 2. The molecule has 1 heterocycles. The number of aromatic nitrogens is 1. The lowest BCUT2D eigenvalue weighted by atomic mass is 10.3. The summed E-state index contributed by atoms with van der Waals surface area (Å²) in [6.07, 6.45) is 0. The highest BCUT2D eigenvalue weighted by atomic mass is 35.5. The molecule has 2 rings (SSSR count). The van der Waals surface area contributed by atoms with Crippen molar-refractivity contribution in [3.05, 3.63) is 45.8 Å². The summed E-state index contributed by atoms with van der Waals surface area (Å²) in [4.78, 5) is 0. The van der Waals surface area contributed by atoms with Gasteiger partial charge in [0, 0.05) is 12.1 Å². The second-order valence-electron chi connectivity index (χ2n) is 3.29. The summed E-state index contributed by atoms with van der Waals surface area (Å²) >= 11 is 11.6. The minimum Gasteiger partial charge on any atom is -0.487 e. The summed E-state index contributed by atoms with van der Waals surface area (Å²) < 4.78 is 10.4. The summed E-state index contributed by atoms with van der Waals surface area (Å²) in [6.45, 7) is 2.17. The summed E-state index contributed by atoms with van der Waals surface area (Å²) in [6, 6.07) is 6.92. The fraction of sp³-hybridized carbons (Fsp3) is 0.182. The second-order valence-corrected chi connectivity index (χ2v) is 4.11. The Morgan fingerprint density at radius 1 is 1.25 bits per heavy atom. The first-order valence-electron chi connectivity index (χ1n) is 4.65. The van der Waals surface area contributed by atoms with Crippen LogP contribution in [0.2, 0.25) is 10.0 Å². The van der Waals surface area contributed by atoms with Gasteiger partial charge in [-0.15, -0.1) is 0 Å². The van der Waals surface area contributed by atoms with Crippen molar-refractivity contribution in [2.24, 2.45) is 0 Å². The minimum atomic E-state index is 0.343. The number of aryl methyl sites for hydroxylation is 1. The van der Waals surface area contributed by atoms with Gasteiger partial charge in [0.05, 0.1) is 10.0 Å². The average molecular weight is 258 g/mol. The first-order valence-corrected chi connectivity index (χ1v) is 5.41. The molecule has 0 aliphatic carbocycles. The van der Waals surface area contributed by atoms with Crippen molar-refractivity contribution >= 4 is 23.2 Å². The lowest BCUT2D eigenvalue weighted by Crippen LogP contribution is -1.95. The van der Waals surface area contributed by atoms with Gasteiger partial charge in [-0.3, -0.25) is 0 Å². The van der Waals surface area contributed by atoms with Crippen LogP contribution in [0.25, 0.3) is 0 Å². The first-order chi connectivity index (χ1) is 7.65. The average Bonchev–Trinajstić information content (AvgIpc) is 2.66. The maximum absolute atomic E-state index is 5.85. The van der Waals surface area contributed by atoms with E-state index in [0.717, 1.165) is 11.5 Å². The molecule has 0 N–H and O–H groups in total. The third kappa shape index (κ3) is 2.68. The minimum absolute atomic E-state index is 0.343. The number of hydrogen-bond donors (Lipinski definition) is 0. The molecule has 0 aliphatic rings. The fourth-order valence-electron chi connectivity index (χ4n) is 1.21. The molecule has 5 heteroatoms. The zero-order valence-electron chi connectivity index (χ0n) is 8.54. The molecule has 0 aliphatic heterocycles. The van der Waals surface area contributed by atoms with Crippen LogP contribution in [0.4, 0.5) is 0 Å². The summed E-state index contributed by atoms with van der Waals surface area (Å²) in [5, 5.41) is 4.79. The van der Waals surface area contributed by atoms with E-state index in [1.807, 2.05) is 13.0 Å². The highest BCUT2D eigenvalue weighted by Crippen LogP contribution is 2.26. The Balaban J connectivity index is 2.02. The Hall–Kier alpha value is -1.19. The monoisotopic (exact) mass is 257 g/mol. The molecule has 1 aromatic carbocycles. The number of ether oxygens (including phenoxy) is 1. The van der Waals surface area contributed by atoms with E-state index in [-0.39, 0.29) is 0 Å². The van der Waals surface area contributed by atoms with Crippen LogP contribution in [-0.2, 0) is 6.61 Å². The molecule has 0 atom stereocenters. The van der Waals surface area contributed by atoms with E-state index in [9.17, 15) is 0 Å². The van der Waals surface area contributed by atoms with E-state index >= 15 is 0 Å². The van der Waals surface area contributed by atoms with Crippen LogP contribution in [0.15, 0.2) is 28.8 Å². The van der Waals surface area contributed by atoms with Crippen molar-refractivity contribution in [2.75, 3.05) is 0 Å². The Bertz CT molecular complexity index is 496. The molecule has 0 saturated carbocycles. The topological polar surface area (TPSA) is 35.3 Å². The van der Waals surface area contributed by atoms with Crippen molar-refractivity contribution in [1.29, 1.82) is 0 Å². The van der Waals surface area contributed by atoms with Crippen molar-refractivity contribution in [3.8, 4) is 5.75 Å². The standard InChI is InChI=1S/C11H9Cl2NO2/c1-7-4-8(14-16-7)6-15-9-2-3-10(12)11(13)5-9/h2-5H,6H2,1H3. The van der Waals surface area contributed by atoms with Crippen LogP contribution in [0.3, 0.4) is 0 Å². The normalized spacial score (nSPS) is 10.4. The van der Waals surface area contributed by atoms with Gasteiger partial charge in [0.2, 0.25) is 0 Å². The van der Waals surface area contributed by atoms with Crippen molar-refractivity contribution in [3.63, 3.8) is 0 Å². The fourth-order valence-corrected chi connectivity index (χ4v) is 1.50. The molecule has 0 radical (unpaired) electrons. The number of hydrogen-bond acceptors (Lipinski definition) is 3. The number of benzene rings is 1. The van der Waals surface area contributed by atoms with Gasteiger partial charge in [0.15, 0.2) is 0 Å². The SMILES string of the molecule is Cc1cc(COc2ccc(Cl)c(Cl)c2)no1. The predicted octanol–water partition coefficient (Wildman–Crippen LogP) is 3.87. The van der Waals surface area contributed by atoms with Gasteiger partial charge in [0.25, 0.3) is 0 Å². The van der Waals surface area contributed by atoms with Gasteiger partial charge in [-0.2, -0.15) is 0 Å². The van der Waals surface area contributed by atoms with Crippen LogP contribution in [0.1, 0.15) is 11.5 Å². The lowest BCUT2D eigenvalue weighted by molar-refractivity contribution is 0.288. The van der Waals surface area contributed by atoms with E-state index in [2.05, 4.69) is 5.16 Å². The Labute approximate surface area is 103 Å². The Morgan fingerprint density at radius 3 is 2.69 bits per heavy atom. The quantitative estimate of drug-likeness (QED) is 0.838. The van der Waals surface area contributed by atoms with Crippen molar-refractivity contribution in [1.82, 2.24) is 5.16 Å². The molecular formula is C11H9Cl2NO2. The lowest BCUT2D eigenvalue weighted by Gasteiger charge is -2.04. The van der Waals surface area contributed by atoms with E-state index in [0.29, 0.717) is 22.4 Å². The van der Waals surface area contributed by atoms with E-state index < -0.39 is 0 Å². The first kappa shape index (κ1) is 11.3. The van der Waals surface area contributed by atoms with Gasteiger partial charge in [-0.05, 0) is 19.1 Å². The summed E-state index contributed by atoms with van der Waals surface area (Å²) in [5.74, 6) is 1.41. The molecular weight excluding hydrogens is 249 g/mol. The maximum atomic E-state index is 5.85. The van der Waals surface area contributed by atoms with Gasteiger partial charge >= 0.3 is 0 Å². The van der Waals surface area contributed by atoms with Gasteiger partial charge in [-0.25, -0.2) is 0 Å². The van der Waals surface area contributed by atoms with E-state index in [4.69, 9.17) is 32.5 Å². The maximum Gasteiger partial charge on any atom is 0.134 e. The third-order valence-corrected chi connectivity index (χ3v) is 2.69.